The summed E-state index contributed by atoms with van der Waals surface area (Å²) < 4.78 is 0. The zero-order valence-corrected chi connectivity index (χ0v) is 13.3. The number of rotatable bonds is 2. The Kier molecular flexibility index (Phi) is 4.11. The number of hydrogen-bond donors (Lipinski definition) is 1. The van der Waals surface area contributed by atoms with E-state index in [0.717, 1.165) is 24.3 Å². The van der Waals surface area contributed by atoms with Crippen LogP contribution in [0.25, 0.3) is 0 Å². The highest BCUT2D eigenvalue weighted by atomic mass is 32.2. The van der Waals surface area contributed by atoms with Gasteiger partial charge in [0.05, 0.1) is 0 Å². The van der Waals surface area contributed by atoms with Gasteiger partial charge in [0.15, 0.2) is 5.17 Å². The minimum absolute atomic E-state index is 0.393. The second kappa shape index (κ2) is 5.67. The van der Waals surface area contributed by atoms with Crippen molar-refractivity contribution in [3.05, 3.63) is 0 Å². The van der Waals surface area contributed by atoms with Gasteiger partial charge in [-0.2, -0.15) is 0 Å². The molecule has 19 heavy (non-hydrogen) atoms. The first-order chi connectivity index (χ1) is 9.15. The molecule has 1 saturated heterocycles. The lowest BCUT2D eigenvalue weighted by molar-refractivity contribution is 0.242. The van der Waals surface area contributed by atoms with Crippen LogP contribution < -0.4 is 5.32 Å². The molecule has 1 N–H and O–H groups in total. The number of hydrogen-bond acceptors (Lipinski definition) is 2. The standard InChI is InChI=1S/C16H28N2S/c1-12-5-6-14(8-12)10-17-15-18-16(11-19-15)7-3-4-13(2)9-16/h12-14H,3-11H2,1-2H3,(H,17,18). The van der Waals surface area contributed by atoms with Crippen LogP contribution in [0.5, 0.6) is 0 Å². The maximum atomic E-state index is 4.88. The maximum Gasteiger partial charge on any atom is 0.157 e. The van der Waals surface area contributed by atoms with Gasteiger partial charge in [-0.3, -0.25) is 4.99 Å². The fourth-order valence-electron chi connectivity index (χ4n) is 4.20. The second-order valence-corrected chi connectivity index (χ2v) is 8.29. The lowest BCUT2D eigenvalue weighted by Crippen LogP contribution is -2.47. The summed E-state index contributed by atoms with van der Waals surface area (Å²) in [5, 5.41) is 5.03. The third-order valence-corrected chi connectivity index (χ3v) is 6.45. The molecule has 0 aromatic heterocycles. The van der Waals surface area contributed by atoms with E-state index in [2.05, 4.69) is 19.2 Å². The van der Waals surface area contributed by atoms with Crippen LogP contribution in [0.15, 0.2) is 4.99 Å². The van der Waals surface area contributed by atoms with E-state index >= 15 is 0 Å². The van der Waals surface area contributed by atoms with Gasteiger partial charge in [-0.15, -0.1) is 0 Å². The van der Waals surface area contributed by atoms with Crippen molar-refractivity contribution in [3.63, 3.8) is 0 Å². The second-order valence-electron chi connectivity index (χ2n) is 7.33. The molecule has 4 unspecified atom stereocenters. The molecule has 3 heteroatoms. The average Bonchev–Trinajstić information content (AvgIpc) is 2.94. The van der Waals surface area contributed by atoms with E-state index in [1.807, 2.05) is 11.8 Å². The molecule has 2 saturated carbocycles. The van der Waals surface area contributed by atoms with Gasteiger partial charge in [-0.25, -0.2) is 0 Å². The molecule has 0 bridgehead atoms. The summed E-state index contributed by atoms with van der Waals surface area (Å²) in [6.45, 7) is 5.85. The van der Waals surface area contributed by atoms with E-state index in [1.165, 1.54) is 55.9 Å². The van der Waals surface area contributed by atoms with Gasteiger partial charge in [0.2, 0.25) is 0 Å². The van der Waals surface area contributed by atoms with Crippen LogP contribution >= 0.6 is 11.8 Å². The van der Waals surface area contributed by atoms with Gasteiger partial charge in [-0.1, -0.05) is 44.9 Å². The molecule has 0 aromatic carbocycles. The summed E-state index contributed by atoms with van der Waals surface area (Å²) in [4.78, 5) is 4.88. The summed E-state index contributed by atoms with van der Waals surface area (Å²) in [6.07, 6.45) is 9.71. The van der Waals surface area contributed by atoms with Gasteiger partial charge < -0.3 is 5.32 Å². The summed E-state index contributed by atoms with van der Waals surface area (Å²) >= 11 is 1.97. The van der Waals surface area contributed by atoms with Crippen LogP contribution in [0.3, 0.4) is 0 Å². The van der Waals surface area contributed by atoms with Crippen molar-refractivity contribution in [2.75, 3.05) is 12.3 Å². The van der Waals surface area contributed by atoms with E-state index < -0.39 is 0 Å². The highest BCUT2D eigenvalue weighted by molar-refractivity contribution is 8.14. The molecule has 0 amide bonds. The SMILES string of the molecule is CC1CCC(CN=C2NC3(CCCC(C)C3)CS2)C1. The van der Waals surface area contributed by atoms with Gasteiger partial charge >= 0.3 is 0 Å². The first kappa shape index (κ1) is 13.8. The minimum Gasteiger partial charge on any atom is -0.359 e. The third-order valence-electron chi connectivity index (χ3n) is 5.25. The number of amidine groups is 1. The van der Waals surface area contributed by atoms with Crippen LogP contribution in [0.2, 0.25) is 0 Å². The molecule has 1 aliphatic heterocycles. The molecule has 0 aromatic rings. The molecule has 3 fully saturated rings. The normalized spacial score (nSPS) is 44.9. The van der Waals surface area contributed by atoms with Crippen molar-refractivity contribution in [2.45, 2.75) is 64.3 Å². The average molecular weight is 280 g/mol. The number of nitrogens with one attached hydrogen (secondary N) is 1. The van der Waals surface area contributed by atoms with Crippen molar-refractivity contribution < 1.29 is 0 Å². The number of nitrogens with zero attached hydrogens (tertiary/aromatic N) is 1. The lowest BCUT2D eigenvalue weighted by atomic mass is 9.78. The smallest absolute Gasteiger partial charge is 0.157 e. The fraction of sp³-hybridized carbons (Fsp3) is 0.938. The van der Waals surface area contributed by atoms with E-state index in [4.69, 9.17) is 4.99 Å². The van der Waals surface area contributed by atoms with E-state index in [9.17, 15) is 0 Å². The predicted octanol–water partition coefficient (Wildman–Crippen LogP) is 4.06. The minimum atomic E-state index is 0.393. The van der Waals surface area contributed by atoms with E-state index in [-0.39, 0.29) is 0 Å². The highest BCUT2D eigenvalue weighted by Crippen LogP contribution is 2.39. The van der Waals surface area contributed by atoms with Crippen LogP contribution in [-0.2, 0) is 0 Å². The summed E-state index contributed by atoms with van der Waals surface area (Å²) in [7, 11) is 0. The van der Waals surface area contributed by atoms with Crippen molar-refractivity contribution in [1.29, 1.82) is 0 Å². The number of aliphatic imine (C=N–C) groups is 1. The van der Waals surface area contributed by atoms with Crippen LogP contribution in [0, 0.1) is 17.8 Å². The first-order valence-electron chi connectivity index (χ1n) is 8.11. The maximum absolute atomic E-state index is 4.88. The Morgan fingerprint density at radius 3 is 2.89 bits per heavy atom. The Hall–Kier alpha value is -0.180. The van der Waals surface area contributed by atoms with Crippen molar-refractivity contribution in [1.82, 2.24) is 5.32 Å². The third kappa shape index (κ3) is 3.29. The van der Waals surface area contributed by atoms with Crippen LogP contribution in [0.4, 0.5) is 0 Å². The summed E-state index contributed by atoms with van der Waals surface area (Å²) in [5.74, 6) is 3.92. The van der Waals surface area contributed by atoms with Crippen LogP contribution in [-0.4, -0.2) is 23.0 Å². The predicted molar refractivity (Wildman–Crippen MR) is 84.8 cm³/mol. The van der Waals surface area contributed by atoms with Crippen LogP contribution in [0.1, 0.15) is 58.8 Å². The lowest BCUT2D eigenvalue weighted by Gasteiger charge is -2.36. The number of thioether (sulfide) groups is 1. The Labute approximate surface area is 122 Å². The molecule has 3 aliphatic rings. The largest absolute Gasteiger partial charge is 0.359 e. The molecule has 2 aliphatic carbocycles. The van der Waals surface area contributed by atoms with Gasteiger partial charge in [0.25, 0.3) is 0 Å². The molecule has 3 rings (SSSR count). The Morgan fingerprint density at radius 1 is 1.26 bits per heavy atom. The highest BCUT2D eigenvalue weighted by Gasteiger charge is 2.40. The molecule has 1 heterocycles. The molecule has 108 valence electrons. The van der Waals surface area contributed by atoms with Gasteiger partial charge in [0, 0.05) is 17.8 Å². The fourth-order valence-corrected chi connectivity index (χ4v) is 5.40. The van der Waals surface area contributed by atoms with E-state index in [1.54, 1.807) is 0 Å². The van der Waals surface area contributed by atoms with E-state index in [0.29, 0.717) is 5.54 Å². The Balaban J connectivity index is 1.53. The molecule has 4 atom stereocenters. The Morgan fingerprint density at radius 2 is 2.16 bits per heavy atom. The van der Waals surface area contributed by atoms with Crippen molar-refractivity contribution in [2.24, 2.45) is 22.7 Å². The first-order valence-corrected chi connectivity index (χ1v) is 9.09. The van der Waals surface area contributed by atoms with Crippen molar-refractivity contribution in [3.8, 4) is 0 Å². The summed E-state index contributed by atoms with van der Waals surface area (Å²) in [6, 6.07) is 0. The zero-order chi connectivity index (χ0) is 13.3. The quantitative estimate of drug-likeness (QED) is 0.825. The Bertz CT molecular complexity index is 355. The molecule has 2 nitrogen and oxygen atoms in total. The topological polar surface area (TPSA) is 24.4 Å². The molecule has 1 spiro atoms. The summed E-state index contributed by atoms with van der Waals surface area (Å²) in [5.41, 5.74) is 0.393. The van der Waals surface area contributed by atoms with Gasteiger partial charge in [0.1, 0.15) is 0 Å². The van der Waals surface area contributed by atoms with Gasteiger partial charge in [-0.05, 0) is 43.4 Å². The molecular weight excluding hydrogens is 252 g/mol. The zero-order valence-electron chi connectivity index (χ0n) is 12.5. The monoisotopic (exact) mass is 280 g/mol. The van der Waals surface area contributed by atoms with Crippen molar-refractivity contribution >= 4 is 16.9 Å². The molecular formula is C16H28N2S. The molecule has 0 radical (unpaired) electrons.